The number of carboxylic acid groups (broad SMARTS) is 1. The Morgan fingerprint density at radius 2 is 1.89 bits per heavy atom. The van der Waals surface area contributed by atoms with Gasteiger partial charge in [-0.3, -0.25) is 19.0 Å². The van der Waals surface area contributed by atoms with E-state index in [-0.39, 0.29) is 12.1 Å². The zero-order chi connectivity index (χ0) is 20.3. The lowest BCUT2D eigenvalue weighted by molar-refractivity contribution is -0.143. The van der Waals surface area contributed by atoms with Gasteiger partial charge >= 0.3 is 11.7 Å². The molecule has 2 atom stereocenters. The Morgan fingerprint density at radius 3 is 2.57 bits per heavy atom. The van der Waals surface area contributed by atoms with Crippen molar-refractivity contribution in [3.63, 3.8) is 0 Å². The third-order valence-electron chi connectivity index (χ3n) is 5.46. The van der Waals surface area contributed by atoms with Crippen LogP contribution in [0, 0.1) is 5.92 Å². The number of carboxylic acids is 1. The molecule has 1 amide bonds. The zero-order valence-electron chi connectivity index (χ0n) is 15.9. The minimum atomic E-state index is -0.893. The molecule has 1 saturated carbocycles. The maximum Gasteiger partial charge on any atom is 0.328 e. The number of aromatic amines is 1. The molecular weight excluding hydrogens is 362 g/mol. The molecule has 28 heavy (non-hydrogen) atoms. The van der Waals surface area contributed by atoms with Gasteiger partial charge < -0.3 is 15.4 Å². The largest absolute Gasteiger partial charge is 0.481 e. The van der Waals surface area contributed by atoms with Crippen LogP contribution in [0.15, 0.2) is 27.8 Å². The van der Waals surface area contributed by atoms with Gasteiger partial charge in [-0.05, 0) is 38.0 Å². The Hall–Kier alpha value is -2.90. The third kappa shape index (κ3) is 4.00. The minimum absolute atomic E-state index is 0.255. The minimum Gasteiger partial charge on any atom is -0.481 e. The van der Waals surface area contributed by atoms with Crippen molar-refractivity contribution in [2.45, 2.75) is 58.0 Å². The molecule has 0 radical (unpaired) electrons. The van der Waals surface area contributed by atoms with Crippen LogP contribution in [0.4, 0.5) is 0 Å². The van der Waals surface area contributed by atoms with Crippen LogP contribution in [-0.4, -0.2) is 32.6 Å². The van der Waals surface area contributed by atoms with Gasteiger partial charge in [-0.15, -0.1) is 0 Å². The van der Waals surface area contributed by atoms with Gasteiger partial charge in [0.1, 0.15) is 0 Å². The molecule has 1 aliphatic carbocycles. The van der Waals surface area contributed by atoms with Crippen LogP contribution in [0.2, 0.25) is 0 Å². The van der Waals surface area contributed by atoms with Crippen molar-refractivity contribution in [2.24, 2.45) is 5.92 Å². The molecule has 0 spiro atoms. The molecule has 2 aromatic rings. The second kappa shape index (κ2) is 8.41. The summed E-state index contributed by atoms with van der Waals surface area (Å²) in [5, 5.41) is 12.7. The Labute approximate surface area is 161 Å². The van der Waals surface area contributed by atoms with Crippen LogP contribution < -0.4 is 16.6 Å². The van der Waals surface area contributed by atoms with E-state index < -0.39 is 35.1 Å². The number of rotatable bonds is 4. The van der Waals surface area contributed by atoms with E-state index in [1.807, 2.05) is 0 Å². The highest BCUT2D eigenvalue weighted by atomic mass is 16.4. The van der Waals surface area contributed by atoms with Crippen molar-refractivity contribution < 1.29 is 14.7 Å². The molecule has 8 heteroatoms. The van der Waals surface area contributed by atoms with Crippen LogP contribution in [0.3, 0.4) is 0 Å². The van der Waals surface area contributed by atoms with Crippen molar-refractivity contribution in [3.05, 3.63) is 44.6 Å². The van der Waals surface area contributed by atoms with Crippen LogP contribution in [0.5, 0.6) is 0 Å². The molecule has 0 saturated heterocycles. The van der Waals surface area contributed by atoms with Gasteiger partial charge in [-0.2, -0.15) is 0 Å². The number of aliphatic carboxylic acids is 1. The molecule has 1 aromatic carbocycles. The number of hydrogen-bond acceptors (Lipinski definition) is 4. The standard InChI is InChI=1S/C20H25N3O5/c1-2-23-18(25)13-10-9-12(11-16(13)22-20(23)28)17(24)21-15-8-6-4-3-5-7-14(15)19(26)27/h9-11,14-15H,2-8H2,1H3,(H,21,24)(H,22,28)(H,26,27). The van der Waals surface area contributed by atoms with E-state index >= 15 is 0 Å². The topological polar surface area (TPSA) is 121 Å². The van der Waals surface area contributed by atoms with Crippen LogP contribution in [-0.2, 0) is 11.3 Å². The number of hydrogen-bond donors (Lipinski definition) is 3. The number of benzene rings is 1. The fraction of sp³-hybridized carbons (Fsp3) is 0.500. The fourth-order valence-electron chi connectivity index (χ4n) is 3.89. The lowest BCUT2D eigenvalue weighted by atomic mass is 9.86. The lowest BCUT2D eigenvalue weighted by Gasteiger charge is -2.27. The summed E-state index contributed by atoms with van der Waals surface area (Å²) in [5.41, 5.74) is -0.356. The first-order chi connectivity index (χ1) is 13.4. The van der Waals surface area contributed by atoms with E-state index in [1.165, 1.54) is 18.2 Å². The maximum atomic E-state index is 12.7. The molecule has 3 rings (SSSR count). The van der Waals surface area contributed by atoms with E-state index in [1.54, 1.807) is 6.92 Å². The fourth-order valence-corrected chi connectivity index (χ4v) is 3.89. The van der Waals surface area contributed by atoms with Crippen molar-refractivity contribution in [1.29, 1.82) is 0 Å². The first-order valence-corrected chi connectivity index (χ1v) is 9.73. The monoisotopic (exact) mass is 387 g/mol. The van der Waals surface area contributed by atoms with Crippen LogP contribution in [0.1, 0.15) is 55.8 Å². The quantitative estimate of drug-likeness (QED) is 0.739. The summed E-state index contributed by atoms with van der Waals surface area (Å²) < 4.78 is 1.09. The molecule has 8 nitrogen and oxygen atoms in total. The van der Waals surface area contributed by atoms with Crippen LogP contribution in [0.25, 0.3) is 10.9 Å². The summed E-state index contributed by atoms with van der Waals surface area (Å²) in [4.78, 5) is 51.4. The highest BCUT2D eigenvalue weighted by Crippen LogP contribution is 2.23. The number of nitrogens with one attached hydrogen (secondary N) is 2. The van der Waals surface area contributed by atoms with E-state index in [0.29, 0.717) is 23.7 Å². The average Bonchev–Trinajstić information content (AvgIpc) is 2.63. The summed E-state index contributed by atoms with van der Waals surface area (Å²) in [6.45, 7) is 1.96. The molecule has 0 bridgehead atoms. The Bertz CT molecular complexity index is 1010. The molecule has 150 valence electrons. The van der Waals surface area contributed by atoms with Gasteiger partial charge in [-0.25, -0.2) is 4.79 Å². The number of aromatic nitrogens is 2. The van der Waals surface area contributed by atoms with Gasteiger partial charge in [-0.1, -0.05) is 25.7 Å². The molecule has 1 fully saturated rings. The molecule has 3 N–H and O–H groups in total. The van der Waals surface area contributed by atoms with Gasteiger partial charge in [0, 0.05) is 18.2 Å². The molecule has 2 unspecified atom stereocenters. The van der Waals surface area contributed by atoms with Crippen LogP contribution >= 0.6 is 0 Å². The average molecular weight is 387 g/mol. The first-order valence-electron chi connectivity index (χ1n) is 9.73. The molecular formula is C20H25N3O5. The molecule has 1 aromatic heterocycles. The van der Waals surface area contributed by atoms with Crippen molar-refractivity contribution in [2.75, 3.05) is 0 Å². The van der Waals surface area contributed by atoms with Crippen molar-refractivity contribution in [3.8, 4) is 0 Å². The van der Waals surface area contributed by atoms with E-state index in [2.05, 4.69) is 10.3 Å². The lowest BCUT2D eigenvalue weighted by Crippen LogP contribution is -2.44. The number of fused-ring (bicyclic) bond motifs is 1. The van der Waals surface area contributed by atoms with Crippen molar-refractivity contribution in [1.82, 2.24) is 14.9 Å². The van der Waals surface area contributed by atoms with Gasteiger partial charge in [0.15, 0.2) is 0 Å². The Kier molecular flexibility index (Phi) is 5.96. The summed E-state index contributed by atoms with van der Waals surface area (Å²) in [6, 6.07) is 4.07. The van der Waals surface area contributed by atoms with Gasteiger partial charge in [0.25, 0.3) is 11.5 Å². The SMILES string of the molecule is CCn1c(=O)[nH]c2cc(C(=O)NC3CCCCCCC3C(=O)O)ccc2c1=O. The predicted molar refractivity (Wildman–Crippen MR) is 105 cm³/mol. The molecule has 1 aliphatic rings. The number of nitrogens with zero attached hydrogens (tertiary/aromatic N) is 1. The highest BCUT2D eigenvalue weighted by molar-refractivity contribution is 5.98. The second-order valence-electron chi connectivity index (χ2n) is 7.26. The van der Waals surface area contributed by atoms with Gasteiger partial charge in [0.05, 0.1) is 16.8 Å². The molecule has 1 heterocycles. The van der Waals surface area contributed by atoms with Crippen molar-refractivity contribution >= 4 is 22.8 Å². The van der Waals surface area contributed by atoms with E-state index in [9.17, 15) is 24.3 Å². The number of carbonyl (C=O) groups is 2. The normalized spacial score (nSPS) is 20.3. The summed E-state index contributed by atoms with van der Waals surface area (Å²) in [6.07, 6.45) is 4.91. The number of amides is 1. The smallest absolute Gasteiger partial charge is 0.328 e. The number of carbonyl (C=O) groups excluding carboxylic acids is 1. The highest BCUT2D eigenvalue weighted by Gasteiger charge is 2.30. The van der Waals surface area contributed by atoms with E-state index in [0.717, 1.165) is 30.3 Å². The zero-order valence-corrected chi connectivity index (χ0v) is 15.9. The Morgan fingerprint density at radius 1 is 1.18 bits per heavy atom. The third-order valence-corrected chi connectivity index (χ3v) is 5.46. The summed E-state index contributed by atoms with van der Waals surface area (Å²) in [5.74, 6) is -1.91. The first kappa shape index (κ1) is 19.9. The second-order valence-corrected chi connectivity index (χ2v) is 7.26. The maximum absolute atomic E-state index is 12.7. The predicted octanol–water partition coefficient (Wildman–Crippen LogP) is 1.86. The molecule has 0 aliphatic heterocycles. The number of H-pyrrole nitrogens is 1. The Balaban J connectivity index is 1.89. The van der Waals surface area contributed by atoms with Gasteiger partial charge in [0.2, 0.25) is 0 Å². The summed E-state index contributed by atoms with van der Waals surface area (Å²) >= 11 is 0. The van der Waals surface area contributed by atoms with E-state index in [4.69, 9.17) is 0 Å². The summed E-state index contributed by atoms with van der Waals surface area (Å²) in [7, 11) is 0.